The normalized spacial score (nSPS) is 10.6. The van der Waals surface area contributed by atoms with Gasteiger partial charge in [-0.3, -0.25) is 4.79 Å². The van der Waals surface area contributed by atoms with Crippen molar-refractivity contribution in [2.75, 3.05) is 0 Å². The molecule has 2 aromatic rings. The number of hydrogen-bond donors (Lipinski definition) is 1. The van der Waals surface area contributed by atoms with E-state index >= 15 is 0 Å². The van der Waals surface area contributed by atoms with Gasteiger partial charge in [-0.05, 0) is 41.5 Å². The van der Waals surface area contributed by atoms with Crippen LogP contribution in [-0.2, 0) is 26.3 Å². The lowest BCUT2D eigenvalue weighted by atomic mass is 9.89. The Kier molecular flexibility index (Phi) is 4.85. The van der Waals surface area contributed by atoms with Crippen molar-refractivity contribution in [2.45, 2.75) is 40.0 Å². The summed E-state index contributed by atoms with van der Waals surface area (Å²) in [7, 11) is 1.49. The van der Waals surface area contributed by atoms with Crippen LogP contribution >= 0.6 is 0 Å². The molecule has 0 bridgehead atoms. The number of nitriles is 1. The van der Waals surface area contributed by atoms with E-state index in [1.54, 1.807) is 0 Å². The zero-order valence-electron chi connectivity index (χ0n) is 14.0. The van der Waals surface area contributed by atoms with Gasteiger partial charge in [0.2, 0.25) is 5.69 Å². The summed E-state index contributed by atoms with van der Waals surface area (Å²) in [5.74, 6) is -0.329. The summed E-state index contributed by atoms with van der Waals surface area (Å²) in [4.78, 5) is 12.6. The van der Waals surface area contributed by atoms with Crippen molar-refractivity contribution >= 4 is 0 Å². The number of nitrogens with zero attached hydrogens (tertiary/aromatic N) is 3. The summed E-state index contributed by atoms with van der Waals surface area (Å²) in [6.07, 6.45) is 2.38. The Labute approximate surface area is 135 Å². The standard InChI is InChI=1S/C18H21N3O2/c1-5-11-8-12(6-2)15(13(7-3)9-11)16-17(22)14(10-19)20-21(4)18(16)23/h8-9,22H,5-7H2,1-4H3. The van der Waals surface area contributed by atoms with Crippen LogP contribution in [0.1, 0.15) is 43.2 Å². The maximum atomic E-state index is 12.6. The number of aryl methyl sites for hydroxylation is 4. The quantitative estimate of drug-likeness (QED) is 0.941. The predicted molar refractivity (Wildman–Crippen MR) is 89.4 cm³/mol. The van der Waals surface area contributed by atoms with Gasteiger partial charge in [-0.25, -0.2) is 4.68 Å². The van der Waals surface area contributed by atoms with E-state index in [0.29, 0.717) is 0 Å². The first kappa shape index (κ1) is 16.8. The Balaban J connectivity index is 2.95. The zero-order chi connectivity index (χ0) is 17.1. The minimum absolute atomic E-state index is 0.134. The van der Waals surface area contributed by atoms with Crippen molar-refractivity contribution in [2.24, 2.45) is 7.05 Å². The van der Waals surface area contributed by atoms with Gasteiger partial charge in [0.15, 0.2) is 5.75 Å². The molecule has 0 unspecified atom stereocenters. The van der Waals surface area contributed by atoms with E-state index in [-0.39, 0.29) is 17.0 Å². The molecule has 0 saturated heterocycles. The number of rotatable bonds is 4. The number of hydrogen-bond acceptors (Lipinski definition) is 4. The molecule has 1 N–H and O–H groups in total. The highest BCUT2D eigenvalue weighted by Gasteiger charge is 2.22. The van der Waals surface area contributed by atoms with Gasteiger partial charge in [0.05, 0.1) is 5.56 Å². The summed E-state index contributed by atoms with van der Waals surface area (Å²) >= 11 is 0. The first-order chi connectivity index (χ1) is 11.0. The molecule has 0 aliphatic carbocycles. The second kappa shape index (κ2) is 6.66. The van der Waals surface area contributed by atoms with Gasteiger partial charge in [-0.2, -0.15) is 10.4 Å². The highest BCUT2D eigenvalue weighted by molar-refractivity contribution is 5.77. The van der Waals surface area contributed by atoms with E-state index in [1.165, 1.54) is 12.6 Å². The van der Waals surface area contributed by atoms with E-state index in [9.17, 15) is 9.90 Å². The Morgan fingerprint density at radius 3 is 2.13 bits per heavy atom. The van der Waals surface area contributed by atoms with Gasteiger partial charge in [-0.1, -0.05) is 32.9 Å². The van der Waals surface area contributed by atoms with Crippen LogP contribution in [0, 0.1) is 11.3 Å². The lowest BCUT2D eigenvalue weighted by molar-refractivity contribution is 0.464. The van der Waals surface area contributed by atoms with Crippen LogP contribution in [0.15, 0.2) is 16.9 Å². The monoisotopic (exact) mass is 311 g/mol. The SMILES string of the molecule is CCc1cc(CC)c(-c2c(O)c(C#N)nn(C)c2=O)c(CC)c1. The Bertz CT molecular complexity index is 820. The fourth-order valence-electron chi connectivity index (χ4n) is 2.85. The van der Waals surface area contributed by atoms with Crippen LogP contribution in [0.25, 0.3) is 11.1 Å². The molecular weight excluding hydrogens is 290 g/mol. The van der Waals surface area contributed by atoms with Crippen LogP contribution < -0.4 is 5.56 Å². The first-order valence-electron chi connectivity index (χ1n) is 7.83. The third-order valence-corrected chi connectivity index (χ3v) is 4.11. The van der Waals surface area contributed by atoms with E-state index in [4.69, 9.17) is 5.26 Å². The number of aromatic nitrogens is 2. The van der Waals surface area contributed by atoms with Gasteiger partial charge in [0, 0.05) is 7.05 Å². The smallest absolute Gasteiger partial charge is 0.278 e. The van der Waals surface area contributed by atoms with Crippen molar-refractivity contribution in [3.63, 3.8) is 0 Å². The van der Waals surface area contributed by atoms with Crippen LogP contribution in [-0.4, -0.2) is 14.9 Å². The number of aromatic hydroxyl groups is 1. The largest absolute Gasteiger partial charge is 0.504 e. The van der Waals surface area contributed by atoms with Gasteiger partial charge in [0.1, 0.15) is 6.07 Å². The van der Waals surface area contributed by atoms with E-state index in [1.807, 2.05) is 19.9 Å². The summed E-state index contributed by atoms with van der Waals surface area (Å²) < 4.78 is 1.11. The minimum atomic E-state index is -0.393. The van der Waals surface area contributed by atoms with E-state index in [2.05, 4.69) is 24.2 Å². The molecule has 2 rings (SSSR count). The van der Waals surface area contributed by atoms with E-state index < -0.39 is 5.56 Å². The Hall–Kier alpha value is -2.61. The lowest BCUT2D eigenvalue weighted by Crippen LogP contribution is -2.23. The van der Waals surface area contributed by atoms with Gasteiger partial charge < -0.3 is 5.11 Å². The highest BCUT2D eigenvalue weighted by atomic mass is 16.3. The minimum Gasteiger partial charge on any atom is -0.504 e. The Morgan fingerprint density at radius 2 is 1.70 bits per heavy atom. The maximum Gasteiger partial charge on any atom is 0.278 e. The second-order valence-corrected chi connectivity index (χ2v) is 5.46. The molecule has 0 saturated carbocycles. The van der Waals surface area contributed by atoms with Crippen LogP contribution in [0.5, 0.6) is 5.75 Å². The molecule has 23 heavy (non-hydrogen) atoms. The molecule has 1 heterocycles. The molecule has 0 fully saturated rings. The molecule has 1 aromatic carbocycles. The maximum absolute atomic E-state index is 12.6. The molecule has 0 amide bonds. The lowest BCUT2D eigenvalue weighted by Gasteiger charge is -2.17. The van der Waals surface area contributed by atoms with Crippen molar-refractivity contribution in [1.82, 2.24) is 9.78 Å². The molecular formula is C18H21N3O2. The average Bonchev–Trinajstić information content (AvgIpc) is 2.57. The van der Waals surface area contributed by atoms with Crippen molar-refractivity contribution in [3.05, 3.63) is 44.9 Å². The summed E-state index contributed by atoms with van der Waals surface area (Å²) in [6, 6.07) is 5.99. The van der Waals surface area contributed by atoms with Crippen molar-refractivity contribution in [1.29, 1.82) is 5.26 Å². The first-order valence-corrected chi connectivity index (χ1v) is 7.83. The molecule has 5 nitrogen and oxygen atoms in total. The average molecular weight is 311 g/mol. The van der Waals surface area contributed by atoms with Crippen molar-refractivity contribution in [3.8, 4) is 22.9 Å². The third kappa shape index (κ3) is 2.85. The van der Waals surface area contributed by atoms with E-state index in [0.717, 1.165) is 40.6 Å². The number of benzene rings is 1. The molecule has 0 radical (unpaired) electrons. The summed E-state index contributed by atoms with van der Waals surface area (Å²) in [6.45, 7) is 6.13. The summed E-state index contributed by atoms with van der Waals surface area (Å²) in [5, 5.41) is 23.4. The molecule has 0 spiro atoms. The topological polar surface area (TPSA) is 78.9 Å². The van der Waals surface area contributed by atoms with Crippen molar-refractivity contribution < 1.29 is 5.11 Å². The molecule has 0 atom stereocenters. The van der Waals surface area contributed by atoms with Gasteiger partial charge in [0.25, 0.3) is 5.56 Å². The fourth-order valence-corrected chi connectivity index (χ4v) is 2.85. The van der Waals surface area contributed by atoms with Crippen LogP contribution in [0.2, 0.25) is 0 Å². The fraction of sp³-hybridized carbons (Fsp3) is 0.389. The molecule has 5 heteroatoms. The summed E-state index contributed by atoms with van der Waals surface area (Å²) in [5.41, 5.74) is 3.60. The highest BCUT2D eigenvalue weighted by Crippen LogP contribution is 2.34. The van der Waals surface area contributed by atoms with Gasteiger partial charge in [-0.15, -0.1) is 0 Å². The molecule has 0 aliphatic rings. The zero-order valence-corrected chi connectivity index (χ0v) is 14.0. The Morgan fingerprint density at radius 1 is 1.13 bits per heavy atom. The molecule has 0 aliphatic heterocycles. The van der Waals surface area contributed by atoms with Gasteiger partial charge >= 0.3 is 0 Å². The third-order valence-electron chi connectivity index (χ3n) is 4.11. The van der Waals surface area contributed by atoms with Crippen LogP contribution in [0.4, 0.5) is 0 Å². The second-order valence-electron chi connectivity index (χ2n) is 5.46. The van der Waals surface area contributed by atoms with Crippen LogP contribution in [0.3, 0.4) is 0 Å². The molecule has 120 valence electrons. The molecule has 1 aromatic heterocycles. The predicted octanol–water partition coefficient (Wildman–Crippen LogP) is 2.71.